The maximum atomic E-state index is 15.2. The Morgan fingerprint density at radius 3 is 2.77 bits per heavy atom. The highest BCUT2D eigenvalue weighted by molar-refractivity contribution is 8.00. The lowest BCUT2D eigenvalue weighted by Gasteiger charge is -2.48. The van der Waals surface area contributed by atoms with Crippen molar-refractivity contribution in [3.63, 3.8) is 0 Å². The average Bonchev–Trinajstić information content (AvgIpc) is 3.15. The molecule has 1 aromatic heterocycles. The SMILES string of the molecule is COC1CCSC2C(F)CC(C(=O)c3cnn(C)c3OSC3CCC(O)CC3)C(C)C12. The third kappa shape index (κ3) is 4.80. The second kappa shape index (κ2) is 10.0. The Hall–Kier alpha value is -0.770. The summed E-state index contributed by atoms with van der Waals surface area (Å²) in [6, 6.07) is 0. The van der Waals surface area contributed by atoms with Gasteiger partial charge in [0.05, 0.1) is 30.4 Å². The number of aryl methyl sites for hydroxylation is 1. The molecule has 3 fully saturated rings. The Balaban J connectivity index is 1.49. The number of aliphatic hydroxyl groups excluding tert-OH is 1. The highest BCUT2D eigenvalue weighted by Crippen LogP contribution is 2.49. The van der Waals surface area contributed by atoms with Gasteiger partial charge in [0.25, 0.3) is 0 Å². The molecule has 4 rings (SSSR count). The largest absolute Gasteiger partial charge is 0.405 e. The number of Topliss-reactive ketones (excluding diaryl/α,β-unsaturated/α-hetero) is 1. The maximum Gasteiger partial charge on any atom is 0.237 e. The van der Waals surface area contributed by atoms with Crippen molar-refractivity contribution in [3.8, 4) is 5.88 Å². The van der Waals surface area contributed by atoms with Crippen molar-refractivity contribution < 1.29 is 23.2 Å². The number of methoxy groups -OCH3 is 1. The van der Waals surface area contributed by atoms with E-state index in [-0.39, 0.29) is 46.7 Å². The predicted molar refractivity (Wildman–Crippen MR) is 121 cm³/mol. The maximum absolute atomic E-state index is 15.2. The second-order valence-corrected chi connectivity index (χ2v) is 11.5. The van der Waals surface area contributed by atoms with Gasteiger partial charge in [-0.2, -0.15) is 16.9 Å². The Morgan fingerprint density at radius 2 is 2.06 bits per heavy atom. The number of alkyl halides is 1. The fourth-order valence-corrected chi connectivity index (χ4v) is 7.94. The van der Waals surface area contributed by atoms with Gasteiger partial charge in [-0.15, -0.1) is 0 Å². The zero-order valence-electron chi connectivity index (χ0n) is 18.4. The van der Waals surface area contributed by atoms with E-state index in [9.17, 15) is 9.90 Å². The van der Waals surface area contributed by atoms with Crippen LogP contribution in [0.15, 0.2) is 6.20 Å². The number of fused-ring (bicyclic) bond motifs is 1. The number of carbonyl (C=O) groups excluding carboxylic acids is 1. The zero-order valence-corrected chi connectivity index (χ0v) is 20.0. The Labute approximate surface area is 192 Å². The van der Waals surface area contributed by atoms with E-state index < -0.39 is 12.1 Å². The minimum atomic E-state index is -1.01. The van der Waals surface area contributed by atoms with E-state index in [1.807, 2.05) is 0 Å². The molecule has 2 saturated carbocycles. The summed E-state index contributed by atoms with van der Waals surface area (Å²) in [5.41, 5.74) is 0.436. The molecule has 0 spiro atoms. The first-order chi connectivity index (χ1) is 14.9. The molecule has 0 aromatic carbocycles. The minimum Gasteiger partial charge on any atom is -0.405 e. The molecule has 6 unspecified atom stereocenters. The van der Waals surface area contributed by atoms with E-state index >= 15 is 4.39 Å². The van der Waals surface area contributed by atoms with E-state index in [4.69, 9.17) is 8.92 Å². The van der Waals surface area contributed by atoms with Gasteiger partial charge in [0.1, 0.15) is 11.7 Å². The van der Waals surface area contributed by atoms with Gasteiger partial charge in [-0.05, 0) is 50.2 Å². The van der Waals surface area contributed by atoms with Crippen molar-refractivity contribution in [1.29, 1.82) is 0 Å². The van der Waals surface area contributed by atoms with Gasteiger partial charge in [0.2, 0.25) is 5.88 Å². The summed E-state index contributed by atoms with van der Waals surface area (Å²) in [6.07, 6.45) is 4.78. The first-order valence-electron chi connectivity index (χ1n) is 11.3. The minimum absolute atomic E-state index is 0.00285. The average molecular weight is 473 g/mol. The summed E-state index contributed by atoms with van der Waals surface area (Å²) in [5.74, 6) is 0.915. The number of nitrogens with zero attached hydrogens (tertiary/aromatic N) is 2. The molecule has 1 saturated heterocycles. The molecule has 6 atom stereocenters. The van der Waals surface area contributed by atoms with Gasteiger partial charge < -0.3 is 14.0 Å². The van der Waals surface area contributed by atoms with Gasteiger partial charge >= 0.3 is 0 Å². The first kappa shape index (κ1) is 23.4. The van der Waals surface area contributed by atoms with Crippen LogP contribution in [-0.4, -0.2) is 62.4 Å². The van der Waals surface area contributed by atoms with Gasteiger partial charge in [-0.3, -0.25) is 4.79 Å². The smallest absolute Gasteiger partial charge is 0.237 e. The molecular formula is C22H33FN2O4S2. The van der Waals surface area contributed by atoms with Crippen LogP contribution in [0.2, 0.25) is 0 Å². The van der Waals surface area contributed by atoms with E-state index in [0.29, 0.717) is 11.4 Å². The van der Waals surface area contributed by atoms with Crippen LogP contribution in [0.5, 0.6) is 5.88 Å². The highest BCUT2D eigenvalue weighted by atomic mass is 32.2. The van der Waals surface area contributed by atoms with Crippen LogP contribution in [0.1, 0.15) is 55.8 Å². The van der Waals surface area contributed by atoms with Crippen molar-refractivity contribution in [2.45, 2.75) is 74.3 Å². The molecule has 3 aliphatic rings. The number of ketones is 1. The van der Waals surface area contributed by atoms with Gasteiger partial charge in [0.15, 0.2) is 5.78 Å². The first-order valence-corrected chi connectivity index (χ1v) is 13.1. The Kier molecular flexibility index (Phi) is 7.56. The van der Waals surface area contributed by atoms with Crippen LogP contribution < -0.4 is 4.18 Å². The molecule has 31 heavy (non-hydrogen) atoms. The molecule has 1 aromatic rings. The topological polar surface area (TPSA) is 73.6 Å². The number of ether oxygens (including phenoxy) is 1. The molecule has 6 nitrogen and oxygen atoms in total. The molecule has 0 radical (unpaired) electrons. The van der Waals surface area contributed by atoms with Crippen LogP contribution in [0.4, 0.5) is 4.39 Å². The van der Waals surface area contributed by atoms with Crippen LogP contribution in [-0.2, 0) is 11.8 Å². The highest BCUT2D eigenvalue weighted by Gasteiger charge is 2.51. The summed E-state index contributed by atoms with van der Waals surface area (Å²) in [4.78, 5) is 13.6. The third-order valence-electron chi connectivity index (χ3n) is 7.29. The van der Waals surface area contributed by atoms with Crippen molar-refractivity contribution in [3.05, 3.63) is 11.8 Å². The van der Waals surface area contributed by atoms with Crippen molar-refractivity contribution in [1.82, 2.24) is 9.78 Å². The van der Waals surface area contributed by atoms with Gasteiger partial charge in [-0.25, -0.2) is 9.07 Å². The molecule has 0 amide bonds. The second-order valence-electron chi connectivity index (χ2n) is 9.15. The number of halogens is 1. The molecule has 0 bridgehead atoms. The number of carbonyl (C=O) groups is 1. The predicted octanol–water partition coefficient (Wildman–Crippen LogP) is 4.06. The molecule has 1 aliphatic heterocycles. The van der Waals surface area contributed by atoms with E-state index in [2.05, 4.69) is 12.0 Å². The fraction of sp³-hybridized carbons (Fsp3) is 0.818. The molecule has 9 heteroatoms. The lowest BCUT2D eigenvalue weighted by Crippen LogP contribution is -2.52. The van der Waals surface area contributed by atoms with Gasteiger partial charge in [-0.1, -0.05) is 6.92 Å². The lowest BCUT2D eigenvalue weighted by atomic mass is 9.67. The van der Waals surface area contributed by atoms with E-state index in [1.165, 1.54) is 12.0 Å². The van der Waals surface area contributed by atoms with Gasteiger partial charge in [0, 0.05) is 36.5 Å². The number of aliphatic hydroxyl groups is 1. The molecule has 2 aliphatic carbocycles. The van der Waals surface area contributed by atoms with Crippen molar-refractivity contribution in [2.24, 2.45) is 24.8 Å². The number of rotatable bonds is 6. The number of thioether (sulfide) groups is 1. The molecule has 1 N–H and O–H groups in total. The van der Waals surface area contributed by atoms with E-state index in [0.717, 1.165) is 37.9 Å². The normalized spacial score (nSPS) is 38.5. The van der Waals surface area contributed by atoms with Crippen LogP contribution >= 0.6 is 23.8 Å². The van der Waals surface area contributed by atoms with E-state index in [1.54, 1.807) is 36.8 Å². The lowest BCUT2D eigenvalue weighted by molar-refractivity contribution is -0.0213. The van der Waals surface area contributed by atoms with Crippen molar-refractivity contribution in [2.75, 3.05) is 12.9 Å². The number of hydrogen-bond acceptors (Lipinski definition) is 7. The zero-order chi connectivity index (χ0) is 22.1. The molecule has 2 heterocycles. The summed E-state index contributed by atoms with van der Waals surface area (Å²) in [7, 11) is 3.45. The molecule has 174 valence electrons. The summed E-state index contributed by atoms with van der Waals surface area (Å²) < 4.78 is 28.4. The molecular weight excluding hydrogens is 439 g/mol. The Morgan fingerprint density at radius 1 is 1.32 bits per heavy atom. The number of aromatic nitrogens is 2. The number of hydrogen-bond donors (Lipinski definition) is 1. The van der Waals surface area contributed by atoms with Crippen LogP contribution in [0, 0.1) is 17.8 Å². The summed E-state index contributed by atoms with van der Waals surface area (Å²) in [6.45, 7) is 2.07. The summed E-state index contributed by atoms with van der Waals surface area (Å²) >= 11 is 3.04. The van der Waals surface area contributed by atoms with Crippen molar-refractivity contribution >= 4 is 29.6 Å². The Bertz CT molecular complexity index is 771. The third-order valence-corrected chi connectivity index (χ3v) is 9.76. The van der Waals surface area contributed by atoms with Crippen LogP contribution in [0.25, 0.3) is 0 Å². The fourth-order valence-electron chi connectivity index (χ4n) is 5.45. The van der Waals surface area contributed by atoms with Crippen LogP contribution in [0.3, 0.4) is 0 Å². The standard InChI is InChI=1S/C22H33FN2O4S2/c1-12-15(10-17(23)21-19(12)18(28-3)8-9-30-21)20(27)16-11-24-25(2)22(16)29-31-14-6-4-13(26)5-7-14/h11-15,17-19,21,26H,4-10H2,1-3H3. The monoisotopic (exact) mass is 472 g/mol. The summed E-state index contributed by atoms with van der Waals surface area (Å²) in [5, 5.41) is 14.1. The quantitative estimate of drug-likeness (QED) is 0.494.